The summed E-state index contributed by atoms with van der Waals surface area (Å²) in [7, 11) is 0. The van der Waals surface area contributed by atoms with Gasteiger partial charge in [0.25, 0.3) is 11.6 Å². The van der Waals surface area contributed by atoms with Gasteiger partial charge < -0.3 is 4.42 Å². The summed E-state index contributed by atoms with van der Waals surface area (Å²) >= 11 is 1.22. The molecule has 0 unspecified atom stereocenters. The number of amides is 1. The van der Waals surface area contributed by atoms with Gasteiger partial charge in [0.05, 0.1) is 28.9 Å². The van der Waals surface area contributed by atoms with Crippen LogP contribution in [0, 0.1) is 10.1 Å². The van der Waals surface area contributed by atoms with Crippen molar-refractivity contribution in [1.82, 2.24) is 4.90 Å². The zero-order valence-electron chi connectivity index (χ0n) is 17.3. The summed E-state index contributed by atoms with van der Waals surface area (Å²) < 4.78 is 5.39. The SMILES string of the molecule is O=C1/C(=C/C=C/c2ccccc2)S/C(=N\N=C\c2ccc([N+](=O)[O-])cc2)N1Cc1ccco1. The molecule has 8 nitrogen and oxygen atoms in total. The third kappa shape index (κ3) is 5.72. The van der Waals surface area contributed by atoms with Crippen molar-refractivity contribution in [2.45, 2.75) is 6.54 Å². The zero-order valence-corrected chi connectivity index (χ0v) is 18.1. The van der Waals surface area contributed by atoms with Crippen molar-refractivity contribution in [3.63, 3.8) is 0 Å². The van der Waals surface area contributed by atoms with E-state index < -0.39 is 4.92 Å². The summed E-state index contributed by atoms with van der Waals surface area (Å²) in [6, 6.07) is 19.3. The molecule has 9 heteroatoms. The number of nitro groups is 1. The van der Waals surface area contributed by atoms with Crippen LogP contribution in [-0.2, 0) is 11.3 Å². The molecule has 33 heavy (non-hydrogen) atoms. The maximum atomic E-state index is 13.0. The molecule has 0 N–H and O–H groups in total. The molecule has 1 saturated heterocycles. The first-order valence-corrected chi connectivity index (χ1v) is 10.7. The van der Waals surface area contributed by atoms with Gasteiger partial charge in [-0.3, -0.25) is 19.8 Å². The van der Waals surface area contributed by atoms with Gasteiger partial charge in [0.2, 0.25) is 0 Å². The van der Waals surface area contributed by atoms with E-state index in [0.29, 0.717) is 21.4 Å². The molecule has 4 rings (SSSR count). The predicted octanol–water partition coefficient (Wildman–Crippen LogP) is 5.25. The second kappa shape index (κ2) is 10.4. The molecule has 1 aromatic heterocycles. The quantitative estimate of drug-likeness (QED) is 0.208. The highest BCUT2D eigenvalue weighted by atomic mass is 32.2. The van der Waals surface area contributed by atoms with Gasteiger partial charge in [0, 0.05) is 12.1 Å². The first-order valence-electron chi connectivity index (χ1n) is 9.91. The molecule has 3 aromatic rings. The van der Waals surface area contributed by atoms with Crippen molar-refractivity contribution in [1.29, 1.82) is 0 Å². The Kier molecular flexibility index (Phi) is 6.91. The van der Waals surface area contributed by atoms with Crippen LogP contribution < -0.4 is 0 Å². The first kappa shape index (κ1) is 22.0. The number of nitro benzene ring substituents is 1. The van der Waals surface area contributed by atoms with E-state index in [9.17, 15) is 14.9 Å². The number of benzene rings is 2. The van der Waals surface area contributed by atoms with E-state index in [0.717, 1.165) is 5.56 Å². The highest BCUT2D eigenvalue weighted by molar-refractivity contribution is 8.18. The molecule has 0 spiro atoms. The lowest BCUT2D eigenvalue weighted by molar-refractivity contribution is -0.384. The lowest BCUT2D eigenvalue weighted by Gasteiger charge is -2.12. The molecular weight excluding hydrogens is 440 g/mol. The lowest BCUT2D eigenvalue weighted by Crippen LogP contribution is -2.28. The Hall–Kier alpha value is -4.24. The second-order valence-electron chi connectivity index (χ2n) is 6.85. The second-order valence-corrected chi connectivity index (χ2v) is 7.86. The van der Waals surface area contributed by atoms with Crippen LogP contribution in [0.4, 0.5) is 5.69 Å². The minimum Gasteiger partial charge on any atom is -0.467 e. The number of rotatable bonds is 7. The van der Waals surface area contributed by atoms with E-state index in [-0.39, 0.29) is 18.1 Å². The number of amidine groups is 1. The fraction of sp³-hybridized carbons (Fsp3) is 0.0417. The van der Waals surface area contributed by atoms with Crippen LogP contribution in [0.3, 0.4) is 0 Å². The number of carbonyl (C=O) groups excluding carboxylic acids is 1. The van der Waals surface area contributed by atoms with Gasteiger partial charge in [-0.15, -0.1) is 5.10 Å². The van der Waals surface area contributed by atoms with Gasteiger partial charge in [-0.2, -0.15) is 5.10 Å². The molecule has 1 fully saturated rings. The largest absolute Gasteiger partial charge is 0.467 e. The summed E-state index contributed by atoms with van der Waals surface area (Å²) in [6.45, 7) is 0.227. The Balaban J connectivity index is 1.54. The smallest absolute Gasteiger partial charge is 0.269 e. The third-order valence-corrected chi connectivity index (χ3v) is 5.59. The zero-order chi connectivity index (χ0) is 23.0. The molecule has 0 bridgehead atoms. The van der Waals surface area contributed by atoms with Crippen LogP contribution >= 0.6 is 11.8 Å². The summed E-state index contributed by atoms with van der Waals surface area (Å²) in [5, 5.41) is 19.5. The van der Waals surface area contributed by atoms with Gasteiger partial charge in [0.1, 0.15) is 5.76 Å². The Labute approximate surface area is 193 Å². The van der Waals surface area contributed by atoms with E-state index >= 15 is 0 Å². The maximum Gasteiger partial charge on any atom is 0.269 e. The Bertz CT molecular complexity index is 1250. The number of thioether (sulfide) groups is 1. The molecule has 2 heterocycles. The molecule has 0 saturated carbocycles. The van der Waals surface area contributed by atoms with E-state index in [4.69, 9.17) is 4.42 Å². The van der Waals surface area contributed by atoms with Crippen molar-refractivity contribution >= 4 is 40.8 Å². The van der Waals surface area contributed by atoms with Gasteiger partial charge >= 0.3 is 0 Å². The standard InChI is InChI=1S/C24H18N4O4S/c29-23-22(10-4-8-18-6-2-1-3-7-18)33-24(27(23)17-21-9-5-15-32-21)26-25-16-19-11-13-20(14-12-19)28(30)31/h1-16H,17H2/b8-4+,22-10-,25-16+,26-24-. The van der Waals surface area contributed by atoms with E-state index in [2.05, 4.69) is 10.2 Å². The van der Waals surface area contributed by atoms with Gasteiger partial charge in [-0.05, 0) is 53.2 Å². The molecule has 2 aromatic carbocycles. The molecule has 1 aliphatic rings. The lowest BCUT2D eigenvalue weighted by atomic mass is 10.2. The van der Waals surface area contributed by atoms with E-state index in [1.54, 1.807) is 36.6 Å². The van der Waals surface area contributed by atoms with Crippen molar-refractivity contribution in [3.8, 4) is 0 Å². The average Bonchev–Trinajstić information content (AvgIpc) is 3.44. The van der Waals surface area contributed by atoms with Crippen molar-refractivity contribution in [3.05, 3.63) is 117 Å². The van der Waals surface area contributed by atoms with Gasteiger partial charge in [0.15, 0.2) is 5.17 Å². The highest BCUT2D eigenvalue weighted by Crippen LogP contribution is 2.32. The van der Waals surface area contributed by atoms with Crippen LogP contribution in [0.1, 0.15) is 16.9 Å². The molecular formula is C24H18N4O4S. The van der Waals surface area contributed by atoms with Gasteiger partial charge in [-0.25, -0.2) is 0 Å². The topological polar surface area (TPSA) is 101 Å². The number of non-ortho nitro benzene ring substituents is 1. The summed E-state index contributed by atoms with van der Waals surface area (Å²) in [5.41, 5.74) is 1.68. The van der Waals surface area contributed by atoms with Crippen LogP contribution in [0.5, 0.6) is 0 Å². The molecule has 0 aliphatic carbocycles. The van der Waals surface area contributed by atoms with Crippen molar-refractivity contribution in [2.24, 2.45) is 10.2 Å². The summed E-state index contributed by atoms with van der Waals surface area (Å²) in [5.74, 6) is 0.426. The van der Waals surface area contributed by atoms with Crippen molar-refractivity contribution < 1.29 is 14.1 Å². The third-order valence-electron chi connectivity index (χ3n) is 4.57. The Morgan fingerprint density at radius 3 is 2.52 bits per heavy atom. The van der Waals surface area contributed by atoms with Crippen LogP contribution in [0.25, 0.3) is 6.08 Å². The first-order chi connectivity index (χ1) is 16.1. The molecule has 1 amide bonds. The van der Waals surface area contributed by atoms with Crippen molar-refractivity contribution in [2.75, 3.05) is 0 Å². The highest BCUT2D eigenvalue weighted by Gasteiger charge is 2.33. The number of allylic oxidation sites excluding steroid dienone is 2. The normalized spacial score (nSPS) is 16.6. The molecule has 164 valence electrons. The van der Waals surface area contributed by atoms with E-state index in [1.165, 1.54) is 35.0 Å². The van der Waals surface area contributed by atoms with E-state index in [1.807, 2.05) is 42.5 Å². The van der Waals surface area contributed by atoms with Crippen LogP contribution in [0.2, 0.25) is 0 Å². The van der Waals surface area contributed by atoms with Gasteiger partial charge in [-0.1, -0.05) is 42.5 Å². The number of nitrogens with zero attached hydrogens (tertiary/aromatic N) is 4. The number of hydrogen-bond donors (Lipinski definition) is 0. The summed E-state index contributed by atoms with van der Waals surface area (Å²) in [6.07, 6.45) is 8.51. The minimum atomic E-state index is -0.464. The number of hydrogen-bond acceptors (Lipinski definition) is 7. The fourth-order valence-electron chi connectivity index (χ4n) is 2.93. The monoisotopic (exact) mass is 458 g/mol. The Morgan fingerprint density at radius 2 is 1.82 bits per heavy atom. The molecule has 1 aliphatic heterocycles. The minimum absolute atomic E-state index is 0.00151. The fourth-order valence-corrected chi connectivity index (χ4v) is 3.82. The number of carbonyl (C=O) groups is 1. The van der Waals surface area contributed by atoms with Crippen LogP contribution in [-0.4, -0.2) is 27.1 Å². The maximum absolute atomic E-state index is 13.0. The molecule has 0 atom stereocenters. The average molecular weight is 458 g/mol. The molecule has 0 radical (unpaired) electrons. The number of furan rings is 1. The van der Waals surface area contributed by atoms with Crippen LogP contribution in [0.15, 0.2) is 105 Å². The summed E-state index contributed by atoms with van der Waals surface area (Å²) in [4.78, 5) is 25.3. The Morgan fingerprint density at radius 1 is 1.03 bits per heavy atom. The predicted molar refractivity (Wildman–Crippen MR) is 129 cm³/mol.